The van der Waals surface area contributed by atoms with Gasteiger partial charge in [0.25, 0.3) is 0 Å². The zero-order valence-electron chi connectivity index (χ0n) is 12.0. The maximum absolute atomic E-state index is 12.3. The van der Waals surface area contributed by atoms with Crippen molar-refractivity contribution in [2.45, 2.75) is 24.3 Å². The van der Waals surface area contributed by atoms with Crippen LogP contribution in [0.2, 0.25) is 0 Å². The van der Waals surface area contributed by atoms with Crippen LogP contribution in [0.4, 0.5) is 0 Å². The molecule has 3 N–H and O–H groups in total. The Morgan fingerprint density at radius 1 is 1.15 bits per heavy atom. The average Bonchev–Trinajstić information content (AvgIpc) is 2.37. The van der Waals surface area contributed by atoms with Crippen molar-refractivity contribution in [2.75, 3.05) is 20.8 Å². The third-order valence-electron chi connectivity index (χ3n) is 2.56. The minimum Gasteiger partial charge on any atom is -0.497 e. The molecule has 0 heterocycles. The maximum atomic E-state index is 12.3. The van der Waals surface area contributed by atoms with Crippen molar-refractivity contribution in [3.63, 3.8) is 0 Å². The van der Waals surface area contributed by atoms with E-state index in [1.807, 2.05) is 0 Å². The number of sulfonamides is 1. The Bertz CT molecular complexity index is 524. The van der Waals surface area contributed by atoms with Crippen LogP contribution in [0.25, 0.3) is 0 Å². The van der Waals surface area contributed by atoms with E-state index in [9.17, 15) is 8.42 Å². The van der Waals surface area contributed by atoms with Crippen LogP contribution in [0.3, 0.4) is 0 Å². The average molecular weight is 325 g/mol. The molecule has 0 bridgehead atoms. The predicted octanol–water partition coefficient (Wildman–Crippen LogP) is 1.14. The standard InChI is InChI=1S/C12H20N2O4S.ClH/c1-12(2,8-13)14-19(15,16)11-6-9(17-3)5-10(7-11)18-4;/h5-7,14H,8,13H2,1-4H3;1H. The molecule has 0 spiro atoms. The van der Waals surface area contributed by atoms with Crippen LogP contribution >= 0.6 is 12.4 Å². The van der Waals surface area contributed by atoms with Crippen molar-refractivity contribution in [1.82, 2.24) is 4.72 Å². The molecule has 0 aliphatic heterocycles. The van der Waals surface area contributed by atoms with Crippen LogP contribution in [-0.4, -0.2) is 34.7 Å². The van der Waals surface area contributed by atoms with E-state index < -0.39 is 15.6 Å². The summed E-state index contributed by atoms with van der Waals surface area (Å²) >= 11 is 0. The second-order valence-corrected chi connectivity index (χ2v) is 6.42. The summed E-state index contributed by atoms with van der Waals surface area (Å²) in [6, 6.07) is 4.46. The van der Waals surface area contributed by atoms with Crippen molar-refractivity contribution in [2.24, 2.45) is 5.73 Å². The molecule has 1 aromatic rings. The van der Waals surface area contributed by atoms with Gasteiger partial charge >= 0.3 is 0 Å². The molecule has 0 aliphatic rings. The first-order valence-corrected chi connectivity index (χ1v) is 7.19. The summed E-state index contributed by atoms with van der Waals surface area (Å²) in [5, 5.41) is 0. The number of halogens is 1. The number of benzene rings is 1. The van der Waals surface area contributed by atoms with E-state index in [0.29, 0.717) is 11.5 Å². The van der Waals surface area contributed by atoms with Gasteiger partial charge < -0.3 is 15.2 Å². The summed E-state index contributed by atoms with van der Waals surface area (Å²) < 4.78 is 37.2. The smallest absolute Gasteiger partial charge is 0.241 e. The number of hydrogen-bond donors (Lipinski definition) is 2. The lowest BCUT2D eigenvalue weighted by molar-refractivity contribution is 0.391. The van der Waals surface area contributed by atoms with Crippen LogP contribution in [0.5, 0.6) is 11.5 Å². The molecule has 8 heteroatoms. The highest BCUT2D eigenvalue weighted by molar-refractivity contribution is 7.89. The number of ether oxygens (including phenoxy) is 2. The lowest BCUT2D eigenvalue weighted by Gasteiger charge is -2.24. The van der Waals surface area contributed by atoms with Gasteiger partial charge in [0.2, 0.25) is 10.0 Å². The Hall–Kier alpha value is -1.02. The van der Waals surface area contributed by atoms with E-state index in [1.165, 1.54) is 26.4 Å². The van der Waals surface area contributed by atoms with Gasteiger partial charge in [0, 0.05) is 30.3 Å². The molecule has 0 atom stereocenters. The molecule has 1 rings (SSSR count). The second kappa shape index (κ2) is 7.12. The first kappa shape index (κ1) is 19.0. The Labute approximate surface area is 126 Å². The summed E-state index contributed by atoms with van der Waals surface area (Å²) in [4.78, 5) is 0.0743. The molecule has 1 aromatic carbocycles. The van der Waals surface area contributed by atoms with Crippen molar-refractivity contribution in [1.29, 1.82) is 0 Å². The lowest BCUT2D eigenvalue weighted by Crippen LogP contribution is -2.48. The molecule has 0 saturated carbocycles. The fourth-order valence-corrected chi connectivity index (χ4v) is 2.87. The molecule has 0 amide bonds. The molecule has 0 fully saturated rings. The second-order valence-electron chi connectivity index (χ2n) is 4.74. The van der Waals surface area contributed by atoms with Gasteiger partial charge in [-0.05, 0) is 13.8 Å². The molecule has 116 valence electrons. The molecule has 0 saturated heterocycles. The minimum atomic E-state index is -3.69. The molecule has 0 radical (unpaired) electrons. The molecule has 0 unspecified atom stereocenters. The zero-order chi connectivity index (χ0) is 14.7. The van der Waals surface area contributed by atoms with Gasteiger partial charge in [0.15, 0.2) is 0 Å². The molecule has 20 heavy (non-hydrogen) atoms. The fourth-order valence-electron chi connectivity index (χ4n) is 1.40. The number of nitrogens with one attached hydrogen (secondary N) is 1. The van der Waals surface area contributed by atoms with Gasteiger partial charge in [-0.3, -0.25) is 0 Å². The molecule has 0 aromatic heterocycles. The van der Waals surface area contributed by atoms with Crippen molar-refractivity contribution in [3.8, 4) is 11.5 Å². The highest BCUT2D eigenvalue weighted by Crippen LogP contribution is 2.25. The largest absolute Gasteiger partial charge is 0.497 e. The van der Waals surface area contributed by atoms with Crippen molar-refractivity contribution < 1.29 is 17.9 Å². The number of rotatable bonds is 6. The van der Waals surface area contributed by atoms with Crippen LogP contribution in [0, 0.1) is 0 Å². The van der Waals surface area contributed by atoms with Crippen LogP contribution < -0.4 is 19.9 Å². The first-order valence-electron chi connectivity index (χ1n) is 5.71. The van der Waals surface area contributed by atoms with Gasteiger partial charge in [-0.15, -0.1) is 12.4 Å². The van der Waals surface area contributed by atoms with E-state index in [2.05, 4.69) is 4.72 Å². The Morgan fingerprint density at radius 2 is 1.60 bits per heavy atom. The number of nitrogens with two attached hydrogens (primary N) is 1. The number of methoxy groups -OCH3 is 2. The highest BCUT2D eigenvalue weighted by atomic mass is 35.5. The van der Waals surface area contributed by atoms with Crippen LogP contribution in [0.15, 0.2) is 23.1 Å². The highest BCUT2D eigenvalue weighted by Gasteiger charge is 2.25. The SMILES string of the molecule is COc1cc(OC)cc(S(=O)(=O)NC(C)(C)CN)c1.Cl. The van der Waals surface area contributed by atoms with E-state index in [0.717, 1.165) is 0 Å². The maximum Gasteiger partial charge on any atom is 0.241 e. The van der Waals surface area contributed by atoms with Gasteiger partial charge in [-0.25, -0.2) is 13.1 Å². The zero-order valence-corrected chi connectivity index (χ0v) is 13.6. The normalized spacial score (nSPS) is 11.7. The molecule has 0 aliphatic carbocycles. The monoisotopic (exact) mass is 324 g/mol. The van der Waals surface area contributed by atoms with Crippen molar-refractivity contribution in [3.05, 3.63) is 18.2 Å². The fraction of sp³-hybridized carbons (Fsp3) is 0.500. The molecular weight excluding hydrogens is 304 g/mol. The minimum absolute atomic E-state index is 0. The third kappa shape index (κ3) is 4.82. The summed E-state index contributed by atoms with van der Waals surface area (Å²) in [5.74, 6) is 0.815. The summed E-state index contributed by atoms with van der Waals surface area (Å²) in [7, 11) is -0.764. The Kier molecular flexibility index (Phi) is 6.76. The van der Waals surface area contributed by atoms with E-state index >= 15 is 0 Å². The summed E-state index contributed by atoms with van der Waals surface area (Å²) in [5.41, 5.74) is 4.80. The third-order valence-corrected chi connectivity index (χ3v) is 4.23. The topological polar surface area (TPSA) is 90.6 Å². The summed E-state index contributed by atoms with van der Waals surface area (Å²) in [6.45, 7) is 3.61. The molecular formula is C12H21ClN2O4S. The Morgan fingerprint density at radius 3 is 1.95 bits per heavy atom. The van der Waals surface area contributed by atoms with Gasteiger partial charge in [0.05, 0.1) is 19.1 Å². The van der Waals surface area contributed by atoms with Crippen LogP contribution in [-0.2, 0) is 10.0 Å². The van der Waals surface area contributed by atoms with E-state index in [-0.39, 0.29) is 23.8 Å². The molecule has 6 nitrogen and oxygen atoms in total. The predicted molar refractivity (Wildman–Crippen MR) is 80.2 cm³/mol. The van der Waals surface area contributed by atoms with Crippen molar-refractivity contribution >= 4 is 22.4 Å². The van der Waals surface area contributed by atoms with Gasteiger partial charge in [-0.2, -0.15) is 0 Å². The first-order chi connectivity index (χ1) is 8.74. The van der Waals surface area contributed by atoms with E-state index in [4.69, 9.17) is 15.2 Å². The summed E-state index contributed by atoms with van der Waals surface area (Å²) in [6.07, 6.45) is 0. The van der Waals surface area contributed by atoms with Crippen LogP contribution in [0.1, 0.15) is 13.8 Å². The van der Waals surface area contributed by atoms with Gasteiger partial charge in [0.1, 0.15) is 11.5 Å². The Balaban J connectivity index is 0.00000361. The quantitative estimate of drug-likeness (QED) is 0.819. The number of hydrogen-bond acceptors (Lipinski definition) is 5. The lowest BCUT2D eigenvalue weighted by atomic mass is 10.1. The van der Waals surface area contributed by atoms with E-state index in [1.54, 1.807) is 19.9 Å². The van der Waals surface area contributed by atoms with Gasteiger partial charge in [-0.1, -0.05) is 0 Å².